The topological polar surface area (TPSA) is 12.9 Å². The summed E-state index contributed by atoms with van der Waals surface area (Å²) in [6.07, 6.45) is 3.76. The molecule has 0 aliphatic heterocycles. The molecule has 0 bridgehead atoms. The zero-order valence-corrected chi connectivity index (χ0v) is 16.1. The summed E-state index contributed by atoms with van der Waals surface area (Å²) in [6.45, 7) is 4.40. The summed E-state index contributed by atoms with van der Waals surface area (Å²) in [5.74, 6) is 0. The van der Waals surface area contributed by atoms with Gasteiger partial charge in [-0.3, -0.25) is 4.98 Å². The summed E-state index contributed by atoms with van der Waals surface area (Å²) < 4.78 is 0. The largest absolute Gasteiger partial charge is 0.264 e. The second-order valence-corrected chi connectivity index (χ2v) is 7.41. The van der Waals surface area contributed by atoms with Crippen LogP contribution in [0.5, 0.6) is 0 Å². The molecule has 28 heavy (non-hydrogen) atoms. The van der Waals surface area contributed by atoms with E-state index in [9.17, 15) is 0 Å². The molecule has 1 heteroatoms. The summed E-state index contributed by atoms with van der Waals surface area (Å²) >= 11 is 0. The molecule has 0 unspecified atom stereocenters. The van der Waals surface area contributed by atoms with Crippen molar-refractivity contribution in [1.82, 2.24) is 4.98 Å². The third kappa shape index (κ3) is 2.68. The number of aromatic nitrogens is 1. The van der Waals surface area contributed by atoms with Gasteiger partial charge in [0, 0.05) is 18.0 Å². The van der Waals surface area contributed by atoms with Gasteiger partial charge in [-0.25, -0.2) is 0 Å². The van der Waals surface area contributed by atoms with Crippen molar-refractivity contribution in [2.45, 2.75) is 13.8 Å². The third-order valence-electron chi connectivity index (χ3n) is 5.60. The van der Waals surface area contributed by atoms with E-state index in [1.807, 2.05) is 18.5 Å². The number of hydrogen-bond acceptors (Lipinski definition) is 1. The van der Waals surface area contributed by atoms with E-state index < -0.39 is 0 Å². The quantitative estimate of drug-likeness (QED) is 0.300. The second-order valence-electron chi connectivity index (χ2n) is 7.41. The Morgan fingerprint density at radius 1 is 0.571 bits per heavy atom. The number of fused-ring (bicyclic) bond motifs is 3. The van der Waals surface area contributed by atoms with Crippen LogP contribution < -0.4 is 0 Å². The van der Waals surface area contributed by atoms with Crippen LogP contribution in [0.25, 0.3) is 43.8 Å². The number of rotatable bonds is 2. The molecular weight excluding hydrogens is 338 g/mol. The predicted octanol–water partition coefficient (Wildman–Crippen LogP) is 7.34. The first-order valence-corrected chi connectivity index (χ1v) is 9.65. The van der Waals surface area contributed by atoms with Gasteiger partial charge in [-0.15, -0.1) is 0 Å². The van der Waals surface area contributed by atoms with Gasteiger partial charge in [0.15, 0.2) is 0 Å². The molecule has 0 fully saturated rings. The molecule has 4 aromatic carbocycles. The van der Waals surface area contributed by atoms with Gasteiger partial charge in [0.25, 0.3) is 0 Å². The summed E-state index contributed by atoms with van der Waals surface area (Å²) in [5.41, 5.74) is 7.56. The molecule has 0 N–H and O–H groups in total. The predicted molar refractivity (Wildman–Crippen MR) is 120 cm³/mol. The Morgan fingerprint density at radius 3 is 2.04 bits per heavy atom. The highest BCUT2D eigenvalue weighted by Gasteiger charge is 2.13. The van der Waals surface area contributed by atoms with Crippen LogP contribution in [0.15, 0.2) is 91.3 Å². The van der Waals surface area contributed by atoms with Gasteiger partial charge in [-0.1, -0.05) is 66.7 Å². The minimum Gasteiger partial charge on any atom is -0.264 e. The maximum Gasteiger partial charge on any atom is 0.0346 e. The molecule has 134 valence electrons. The van der Waals surface area contributed by atoms with E-state index in [1.54, 1.807) is 0 Å². The van der Waals surface area contributed by atoms with Crippen LogP contribution in [0, 0.1) is 13.8 Å². The fourth-order valence-electron chi connectivity index (χ4n) is 4.22. The van der Waals surface area contributed by atoms with Gasteiger partial charge in [0.2, 0.25) is 0 Å². The number of aryl methyl sites for hydroxylation is 2. The maximum absolute atomic E-state index is 4.29. The zero-order chi connectivity index (χ0) is 19.1. The van der Waals surface area contributed by atoms with E-state index in [0.717, 1.165) is 5.56 Å². The van der Waals surface area contributed by atoms with Gasteiger partial charge in [-0.05, 0) is 75.3 Å². The lowest BCUT2D eigenvalue weighted by molar-refractivity contribution is 1.31. The van der Waals surface area contributed by atoms with Crippen LogP contribution in [-0.4, -0.2) is 4.98 Å². The maximum atomic E-state index is 4.29. The summed E-state index contributed by atoms with van der Waals surface area (Å²) in [6, 6.07) is 28.5. The van der Waals surface area contributed by atoms with Crippen molar-refractivity contribution < 1.29 is 0 Å². The molecule has 0 aliphatic rings. The first kappa shape index (κ1) is 16.7. The number of pyridine rings is 1. The van der Waals surface area contributed by atoms with E-state index in [4.69, 9.17) is 0 Å². The summed E-state index contributed by atoms with van der Waals surface area (Å²) in [7, 11) is 0. The van der Waals surface area contributed by atoms with E-state index in [2.05, 4.69) is 91.6 Å². The summed E-state index contributed by atoms with van der Waals surface area (Å²) in [4.78, 5) is 4.29. The molecule has 0 amide bonds. The normalized spacial score (nSPS) is 11.2. The molecule has 0 saturated carbocycles. The van der Waals surface area contributed by atoms with Crippen molar-refractivity contribution in [3.8, 4) is 22.3 Å². The van der Waals surface area contributed by atoms with Crippen LogP contribution in [-0.2, 0) is 0 Å². The van der Waals surface area contributed by atoms with E-state index in [0.29, 0.717) is 0 Å². The Balaban J connectivity index is 1.80. The Labute approximate surface area is 165 Å². The molecule has 5 aromatic rings. The molecule has 0 spiro atoms. The Morgan fingerprint density at radius 2 is 1.25 bits per heavy atom. The SMILES string of the molecule is Cc1cc(-c2cc3ccccc3c3ccccc23)c(C)cc1-c1cccnc1. The van der Waals surface area contributed by atoms with Crippen molar-refractivity contribution in [3.63, 3.8) is 0 Å². The smallest absolute Gasteiger partial charge is 0.0346 e. The highest BCUT2D eigenvalue weighted by Crippen LogP contribution is 2.38. The molecule has 0 aliphatic carbocycles. The number of hydrogen-bond donors (Lipinski definition) is 0. The van der Waals surface area contributed by atoms with Crippen molar-refractivity contribution in [3.05, 3.63) is 102 Å². The van der Waals surface area contributed by atoms with Gasteiger partial charge in [0.1, 0.15) is 0 Å². The minimum absolute atomic E-state index is 1.16. The van der Waals surface area contributed by atoms with Gasteiger partial charge in [-0.2, -0.15) is 0 Å². The van der Waals surface area contributed by atoms with Crippen LogP contribution in [0.3, 0.4) is 0 Å². The molecule has 5 rings (SSSR count). The van der Waals surface area contributed by atoms with Crippen LogP contribution >= 0.6 is 0 Å². The zero-order valence-electron chi connectivity index (χ0n) is 16.1. The monoisotopic (exact) mass is 359 g/mol. The molecule has 1 nitrogen and oxygen atoms in total. The van der Waals surface area contributed by atoms with E-state index >= 15 is 0 Å². The highest BCUT2D eigenvalue weighted by atomic mass is 14.6. The minimum atomic E-state index is 1.16. The van der Waals surface area contributed by atoms with Gasteiger partial charge >= 0.3 is 0 Å². The first-order valence-electron chi connectivity index (χ1n) is 9.65. The van der Waals surface area contributed by atoms with Crippen molar-refractivity contribution >= 4 is 21.5 Å². The lowest BCUT2D eigenvalue weighted by Gasteiger charge is -2.16. The average molecular weight is 359 g/mol. The van der Waals surface area contributed by atoms with Crippen molar-refractivity contribution in [1.29, 1.82) is 0 Å². The number of nitrogens with zero attached hydrogens (tertiary/aromatic N) is 1. The van der Waals surface area contributed by atoms with Crippen LogP contribution in [0.1, 0.15) is 11.1 Å². The molecule has 0 atom stereocenters. The Bertz CT molecular complexity index is 1320. The average Bonchev–Trinajstić information content (AvgIpc) is 2.75. The summed E-state index contributed by atoms with van der Waals surface area (Å²) in [5, 5.41) is 5.20. The van der Waals surface area contributed by atoms with Crippen molar-refractivity contribution in [2.75, 3.05) is 0 Å². The standard InChI is InChI=1S/C27H21N/c1-18-15-26(19(2)14-25(18)21-9-7-13-28-17-21)27-16-20-8-3-4-10-22(20)23-11-5-6-12-24(23)27/h3-17H,1-2H3. The molecule has 0 saturated heterocycles. The molecule has 0 radical (unpaired) electrons. The fraction of sp³-hybridized carbons (Fsp3) is 0.0741. The fourth-order valence-corrected chi connectivity index (χ4v) is 4.22. The lowest BCUT2D eigenvalue weighted by Crippen LogP contribution is -1.92. The van der Waals surface area contributed by atoms with E-state index in [-0.39, 0.29) is 0 Å². The molecule has 1 heterocycles. The van der Waals surface area contributed by atoms with Gasteiger partial charge < -0.3 is 0 Å². The first-order chi connectivity index (χ1) is 13.7. The van der Waals surface area contributed by atoms with Crippen molar-refractivity contribution in [2.24, 2.45) is 0 Å². The Hall–Kier alpha value is -3.45. The van der Waals surface area contributed by atoms with E-state index in [1.165, 1.54) is 49.4 Å². The van der Waals surface area contributed by atoms with Gasteiger partial charge in [0.05, 0.1) is 0 Å². The van der Waals surface area contributed by atoms with Crippen LogP contribution in [0.4, 0.5) is 0 Å². The molecule has 1 aromatic heterocycles. The Kier molecular flexibility index (Phi) is 3.95. The second kappa shape index (κ2) is 6.61. The van der Waals surface area contributed by atoms with Crippen LogP contribution in [0.2, 0.25) is 0 Å². The lowest BCUT2D eigenvalue weighted by atomic mass is 9.88. The number of benzene rings is 4. The molecular formula is C27H21N. The highest BCUT2D eigenvalue weighted by molar-refractivity contribution is 6.14. The third-order valence-corrected chi connectivity index (χ3v) is 5.60.